The fourth-order valence-electron chi connectivity index (χ4n) is 3.49. The smallest absolute Gasteiger partial charge is 0.280 e. The minimum atomic E-state index is -3.38. The molecule has 124 valence electrons. The predicted octanol–water partition coefficient (Wildman–Crippen LogP) is 2.01. The minimum absolute atomic E-state index is 0.0867. The molecule has 1 aliphatic heterocycles. The van der Waals surface area contributed by atoms with E-state index in [1.807, 2.05) is 6.92 Å². The van der Waals surface area contributed by atoms with Gasteiger partial charge in [-0.2, -0.15) is 17.4 Å². The second kappa shape index (κ2) is 6.94. The summed E-state index contributed by atoms with van der Waals surface area (Å²) in [6, 6.07) is 0.473. The van der Waals surface area contributed by atoms with Crippen LogP contribution in [0.3, 0.4) is 0 Å². The molecule has 1 saturated carbocycles. The molecule has 1 unspecified atom stereocenters. The molecule has 2 fully saturated rings. The van der Waals surface area contributed by atoms with E-state index in [1.165, 1.54) is 0 Å². The van der Waals surface area contributed by atoms with Crippen LogP contribution in [0, 0.1) is 0 Å². The molecule has 0 aromatic carbocycles. The molecule has 2 N–H and O–H groups in total. The van der Waals surface area contributed by atoms with Gasteiger partial charge in [0.15, 0.2) is 0 Å². The lowest BCUT2D eigenvalue weighted by Crippen LogP contribution is -2.57. The van der Waals surface area contributed by atoms with E-state index in [-0.39, 0.29) is 11.6 Å². The van der Waals surface area contributed by atoms with E-state index in [1.54, 1.807) is 4.31 Å². The number of hydrogen-bond acceptors (Lipinski definition) is 3. The first-order valence-corrected chi connectivity index (χ1v) is 9.81. The van der Waals surface area contributed by atoms with Crippen LogP contribution in [0.4, 0.5) is 0 Å². The van der Waals surface area contributed by atoms with E-state index < -0.39 is 10.2 Å². The molecular weight excluding hydrogens is 286 g/mol. The number of hydrogen-bond donors (Lipinski definition) is 2. The molecule has 5 nitrogen and oxygen atoms in total. The van der Waals surface area contributed by atoms with Crippen molar-refractivity contribution in [2.75, 3.05) is 13.1 Å². The predicted molar refractivity (Wildman–Crippen MR) is 86.4 cm³/mol. The summed E-state index contributed by atoms with van der Waals surface area (Å²) in [5, 5.41) is 3.39. The molecule has 1 aliphatic carbocycles. The number of nitrogens with zero attached hydrogens (tertiary/aromatic N) is 1. The fourth-order valence-corrected chi connectivity index (χ4v) is 5.38. The molecule has 0 bridgehead atoms. The standard InChI is InChI=1S/C15H31N3O2S/c1-13(2)16-12-14-8-4-7-11-18(14)21(19,20)17-15(3)9-5-6-10-15/h13-14,16-17H,4-12H2,1-3H3. The van der Waals surface area contributed by atoms with Crippen molar-refractivity contribution in [3.63, 3.8) is 0 Å². The maximum absolute atomic E-state index is 12.8. The summed E-state index contributed by atoms with van der Waals surface area (Å²) in [5.74, 6) is 0. The van der Waals surface area contributed by atoms with Crippen LogP contribution < -0.4 is 10.0 Å². The Balaban J connectivity index is 2.04. The number of rotatable bonds is 6. The first-order valence-electron chi connectivity index (χ1n) is 8.36. The Morgan fingerprint density at radius 2 is 1.86 bits per heavy atom. The van der Waals surface area contributed by atoms with E-state index in [4.69, 9.17) is 0 Å². The molecule has 6 heteroatoms. The van der Waals surface area contributed by atoms with Crippen LogP contribution in [0.25, 0.3) is 0 Å². The quantitative estimate of drug-likeness (QED) is 0.788. The third kappa shape index (κ3) is 4.65. The van der Waals surface area contributed by atoms with E-state index in [9.17, 15) is 8.42 Å². The summed E-state index contributed by atoms with van der Waals surface area (Å²) in [4.78, 5) is 0. The van der Waals surface area contributed by atoms with Crippen LogP contribution in [0.15, 0.2) is 0 Å². The molecule has 0 radical (unpaired) electrons. The maximum atomic E-state index is 12.8. The first-order chi connectivity index (χ1) is 9.82. The largest absolute Gasteiger partial charge is 0.313 e. The topological polar surface area (TPSA) is 61.4 Å². The molecule has 2 aliphatic rings. The van der Waals surface area contributed by atoms with Crippen LogP contribution in [0.5, 0.6) is 0 Å². The van der Waals surface area contributed by atoms with Crippen LogP contribution in [0.2, 0.25) is 0 Å². The van der Waals surface area contributed by atoms with Gasteiger partial charge in [0.25, 0.3) is 10.2 Å². The van der Waals surface area contributed by atoms with Gasteiger partial charge in [-0.25, -0.2) is 0 Å². The average Bonchev–Trinajstić information content (AvgIpc) is 2.82. The van der Waals surface area contributed by atoms with E-state index in [0.29, 0.717) is 12.6 Å². The lowest BCUT2D eigenvalue weighted by atomic mass is 10.0. The Morgan fingerprint density at radius 1 is 1.19 bits per heavy atom. The Hall–Kier alpha value is -0.170. The third-order valence-corrected chi connectivity index (χ3v) is 6.57. The molecule has 0 spiro atoms. The Morgan fingerprint density at radius 3 is 2.48 bits per heavy atom. The molecule has 1 atom stereocenters. The van der Waals surface area contributed by atoms with E-state index in [0.717, 1.165) is 51.5 Å². The lowest BCUT2D eigenvalue weighted by Gasteiger charge is -2.37. The first kappa shape index (κ1) is 17.2. The molecule has 21 heavy (non-hydrogen) atoms. The molecule has 1 heterocycles. The minimum Gasteiger partial charge on any atom is -0.313 e. The van der Waals surface area contributed by atoms with Crippen molar-refractivity contribution < 1.29 is 8.42 Å². The summed E-state index contributed by atoms with van der Waals surface area (Å²) in [5.41, 5.74) is -0.244. The van der Waals surface area contributed by atoms with Gasteiger partial charge in [-0.15, -0.1) is 0 Å². The molecule has 1 saturated heterocycles. The zero-order valence-corrected chi connectivity index (χ0v) is 14.5. The van der Waals surface area contributed by atoms with Crippen LogP contribution in [0.1, 0.15) is 65.7 Å². The van der Waals surface area contributed by atoms with Crippen molar-refractivity contribution >= 4 is 10.2 Å². The zero-order valence-electron chi connectivity index (χ0n) is 13.7. The van der Waals surface area contributed by atoms with Crippen LogP contribution in [-0.4, -0.2) is 43.4 Å². The van der Waals surface area contributed by atoms with Crippen LogP contribution >= 0.6 is 0 Å². The molecule has 2 rings (SSSR count). The van der Waals surface area contributed by atoms with Gasteiger partial charge in [0.1, 0.15) is 0 Å². The van der Waals surface area contributed by atoms with Gasteiger partial charge in [0.2, 0.25) is 0 Å². The number of piperidine rings is 1. The summed E-state index contributed by atoms with van der Waals surface area (Å²) in [6.45, 7) is 7.63. The van der Waals surface area contributed by atoms with Crippen LogP contribution in [-0.2, 0) is 10.2 Å². The molecule has 0 aromatic rings. The third-order valence-electron chi connectivity index (χ3n) is 4.73. The van der Waals surface area contributed by atoms with Crippen molar-refractivity contribution in [2.45, 2.75) is 83.3 Å². The highest BCUT2D eigenvalue weighted by Crippen LogP contribution is 2.31. The monoisotopic (exact) mass is 317 g/mol. The van der Waals surface area contributed by atoms with Crippen molar-refractivity contribution in [1.82, 2.24) is 14.3 Å². The maximum Gasteiger partial charge on any atom is 0.280 e. The summed E-state index contributed by atoms with van der Waals surface area (Å²) < 4.78 is 30.3. The molecular formula is C15H31N3O2S. The number of nitrogens with one attached hydrogen (secondary N) is 2. The van der Waals surface area contributed by atoms with Crippen molar-refractivity contribution in [3.05, 3.63) is 0 Å². The molecule has 0 aromatic heterocycles. The van der Waals surface area contributed by atoms with Crippen molar-refractivity contribution in [3.8, 4) is 0 Å². The highest BCUT2D eigenvalue weighted by molar-refractivity contribution is 7.87. The normalized spacial score (nSPS) is 27.3. The average molecular weight is 317 g/mol. The van der Waals surface area contributed by atoms with Crippen molar-refractivity contribution in [2.24, 2.45) is 0 Å². The zero-order chi connectivity index (χ0) is 15.5. The highest BCUT2D eigenvalue weighted by atomic mass is 32.2. The van der Waals surface area contributed by atoms with Gasteiger partial charge in [0, 0.05) is 30.7 Å². The summed E-state index contributed by atoms with van der Waals surface area (Å²) in [7, 11) is -3.38. The van der Waals surface area contributed by atoms with Gasteiger partial charge < -0.3 is 5.32 Å². The van der Waals surface area contributed by atoms with Crippen molar-refractivity contribution in [1.29, 1.82) is 0 Å². The Bertz CT molecular complexity index is 430. The Labute approximate surface area is 130 Å². The van der Waals surface area contributed by atoms with Gasteiger partial charge in [-0.3, -0.25) is 0 Å². The Kier molecular flexibility index (Phi) is 5.68. The summed E-state index contributed by atoms with van der Waals surface area (Å²) in [6.07, 6.45) is 7.19. The van der Waals surface area contributed by atoms with E-state index >= 15 is 0 Å². The second-order valence-corrected chi connectivity index (χ2v) is 8.82. The summed E-state index contributed by atoms with van der Waals surface area (Å²) >= 11 is 0. The van der Waals surface area contributed by atoms with Gasteiger partial charge >= 0.3 is 0 Å². The fraction of sp³-hybridized carbons (Fsp3) is 1.00. The van der Waals surface area contributed by atoms with Gasteiger partial charge in [-0.05, 0) is 32.6 Å². The second-order valence-electron chi connectivity index (χ2n) is 7.20. The SMILES string of the molecule is CC(C)NCC1CCCCN1S(=O)(=O)NC1(C)CCCC1. The lowest BCUT2D eigenvalue weighted by molar-refractivity contribution is 0.234. The van der Waals surface area contributed by atoms with Gasteiger partial charge in [-0.1, -0.05) is 33.1 Å². The van der Waals surface area contributed by atoms with E-state index in [2.05, 4.69) is 23.9 Å². The molecule has 0 amide bonds. The highest BCUT2D eigenvalue weighted by Gasteiger charge is 2.38. The van der Waals surface area contributed by atoms with Gasteiger partial charge in [0.05, 0.1) is 0 Å².